The molecule has 0 saturated carbocycles. The van der Waals surface area contributed by atoms with Gasteiger partial charge in [0.1, 0.15) is 0 Å². The molecule has 37 heavy (non-hydrogen) atoms. The number of likely N-dealkylation sites (N-methyl/N-ethyl adjacent to an activating group) is 1. The van der Waals surface area contributed by atoms with Gasteiger partial charge in [-0.3, -0.25) is 4.79 Å². The molecule has 0 spiro atoms. The molecular weight excluding hydrogens is 494 g/mol. The zero-order valence-corrected chi connectivity index (χ0v) is 23.0. The van der Waals surface area contributed by atoms with Gasteiger partial charge in [-0.15, -0.1) is 12.4 Å². The molecule has 0 saturated heterocycles. The Bertz CT molecular complexity index is 1090. The highest BCUT2D eigenvalue weighted by Crippen LogP contribution is 2.36. The zero-order chi connectivity index (χ0) is 25.8. The van der Waals surface area contributed by atoms with Crippen LogP contribution in [0.2, 0.25) is 0 Å². The number of ether oxygens (including phenoxy) is 2. The Morgan fingerprint density at radius 1 is 1.00 bits per heavy atom. The molecule has 1 N–H and O–H groups in total. The molecule has 4 rings (SSSR count). The topological polar surface area (TPSA) is 82.6 Å². The molecule has 0 aromatic heterocycles. The smallest absolute Gasteiger partial charge is 0.407 e. The molecule has 1 unspecified atom stereocenters. The van der Waals surface area contributed by atoms with Gasteiger partial charge in [0.25, 0.3) is 0 Å². The summed E-state index contributed by atoms with van der Waals surface area (Å²) in [6, 6.07) is 10.4. The fourth-order valence-corrected chi connectivity index (χ4v) is 5.29. The van der Waals surface area contributed by atoms with Crippen LogP contribution < -0.4 is 9.47 Å². The lowest BCUT2D eigenvalue weighted by Gasteiger charge is -2.34. The predicted molar refractivity (Wildman–Crippen MR) is 145 cm³/mol. The van der Waals surface area contributed by atoms with Crippen LogP contribution in [-0.2, 0) is 30.6 Å². The van der Waals surface area contributed by atoms with Gasteiger partial charge < -0.3 is 29.3 Å². The molecule has 2 aromatic carbocycles. The van der Waals surface area contributed by atoms with Gasteiger partial charge in [0, 0.05) is 52.1 Å². The normalized spacial score (nSPS) is 16.0. The van der Waals surface area contributed by atoms with E-state index < -0.39 is 6.09 Å². The highest BCUT2D eigenvalue weighted by Gasteiger charge is 2.28. The number of methoxy groups -OCH3 is 2. The summed E-state index contributed by atoms with van der Waals surface area (Å²) in [5.41, 5.74) is 6.11. The molecule has 8 nitrogen and oxygen atoms in total. The second kappa shape index (κ2) is 12.5. The number of hydrogen-bond acceptors (Lipinski definition) is 5. The van der Waals surface area contributed by atoms with E-state index in [2.05, 4.69) is 24.1 Å². The van der Waals surface area contributed by atoms with Gasteiger partial charge >= 0.3 is 6.09 Å². The lowest BCUT2D eigenvalue weighted by atomic mass is 9.76. The fraction of sp³-hybridized carbons (Fsp3) is 0.500. The molecule has 1 heterocycles. The summed E-state index contributed by atoms with van der Waals surface area (Å²) in [7, 11) is 6.96. The second-order valence-corrected chi connectivity index (χ2v) is 9.94. The molecule has 0 radical (unpaired) electrons. The molecule has 2 aliphatic rings. The molecule has 9 heteroatoms. The third-order valence-corrected chi connectivity index (χ3v) is 7.46. The van der Waals surface area contributed by atoms with Crippen LogP contribution in [0.15, 0.2) is 30.3 Å². The Labute approximate surface area is 225 Å². The number of carboxylic acid groups (broad SMARTS) is 1. The van der Waals surface area contributed by atoms with Crippen molar-refractivity contribution >= 4 is 24.4 Å². The second-order valence-electron chi connectivity index (χ2n) is 9.94. The summed E-state index contributed by atoms with van der Waals surface area (Å²) in [5, 5.41) is 9.07. The van der Waals surface area contributed by atoms with Crippen molar-refractivity contribution in [2.45, 2.75) is 38.1 Å². The van der Waals surface area contributed by atoms with Crippen LogP contribution in [0.25, 0.3) is 0 Å². The maximum Gasteiger partial charge on any atom is 0.407 e. The van der Waals surface area contributed by atoms with Crippen LogP contribution in [0.3, 0.4) is 0 Å². The van der Waals surface area contributed by atoms with Gasteiger partial charge in [-0.25, -0.2) is 4.79 Å². The summed E-state index contributed by atoms with van der Waals surface area (Å²) < 4.78 is 10.9. The van der Waals surface area contributed by atoms with Gasteiger partial charge in [-0.05, 0) is 66.3 Å². The number of nitrogens with zero attached hydrogens (tertiary/aromatic N) is 3. The zero-order valence-electron chi connectivity index (χ0n) is 22.2. The highest BCUT2D eigenvalue weighted by atomic mass is 35.5. The van der Waals surface area contributed by atoms with E-state index in [0.29, 0.717) is 18.9 Å². The van der Waals surface area contributed by atoms with Gasteiger partial charge in [0.15, 0.2) is 11.5 Å². The van der Waals surface area contributed by atoms with Crippen LogP contribution in [0.4, 0.5) is 4.79 Å². The first-order valence-corrected chi connectivity index (χ1v) is 12.5. The van der Waals surface area contributed by atoms with Crippen LogP contribution in [0.1, 0.15) is 40.2 Å². The van der Waals surface area contributed by atoms with Crippen molar-refractivity contribution in [3.63, 3.8) is 0 Å². The van der Waals surface area contributed by atoms with Crippen molar-refractivity contribution in [2.75, 3.05) is 54.5 Å². The third kappa shape index (κ3) is 6.67. The summed E-state index contributed by atoms with van der Waals surface area (Å²) in [6.45, 7) is 3.50. The Hall–Kier alpha value is -2.97. The Morgan fingerprint density at radius 2 is 1.62 bits per heavy atom. The molecule has 0 fully saturated rings. The molecule has 2 aromatic rings. The Balaban J connectivity index is 0.00000380. The number of benzene rings is 2. The molecule has 1 atom stereocenters. The van der Waals surface area contributed by atoms with Gasteiger partial charge in [0.05, 0.1) is 14.2 Å². The minimum absolute atomic E-state index is 0. The van der Waals surface area contributed by atoms with Crippen molar-refractivity contribution in [1.82, 2.24) is 14.7 Å². The monoisotopic (exact) mass is 531 g/mol. The number of carbonyl (C=O) groups is 2. The quantitative estimate of drug-likeness (QED) is 0.529. The molecular formula is C28H38ClN3O5. The Morgan fingerprint density at radius 3 is 2.16 bits per heavy atom. The van der Waals surface area contributed by atoms with E-state index in [1.807, 2.05) is 23.1 Å². The van der Waals surface area contributed by atoms with E-state index in [-0.39, 0.29) is 18.3 Å². The highest BCUT2D eigenvalue weighted by molar-refractivity contribution is 5.85. The van der Waals surface area contributed by atoms with Gasteiger partial charge in [0.2, 0.25) is 5.91 Å². The van der Waals surface area contributed by atoms with Crippen molar-refractivity contribution < 1.29 is 24.2 Å². The number of fused-ring (bicyclic) bond motifs is 2. The minimum atomic E-state index is -0.920. The molecule has 2 amide bonds. The van der Waals surface area contributed by atoms with Crippen molar-refractivity contribution in [1.29, 1.82) is 0 Å². The van der Waals surface area contributed by atoms with Crippen LogP contribution in [0.5, 0.6) is 11.5 Å². The minimum Gasteiger partial charge on any atom is -0.493 e. The third-order valence-electron chi connectivity index (χ3n) is 7.46. The molecule has 202 valence electrons. The van der Waals surface area contributed by atoms with Gasteiger partial charge in [-0.1, -0.05) is 18.2 Å². The number of rotatable bonds is 9. The van der Waals surface area contributed by atoms with E-state index >= 15 is 0 Å². The van der Waals surface area contributed by atoms with E-state index in [0.717, 1.165) is 62.5 Å². The lowest BCUT2D eigenvalue weighted by Crippen LogP contribution is -2.37. The molecule has 1 aliphatic carbocycles. The Kier molecular flexibility index (Phi) is 9.68. The van der Waals surface area contributed by atoms with Crippen LogP contribution >= 0.6 is 12.4 Å². The number of amides is 2. The van der Waals surface area contributed by atoms with Crippen molar-refractivity contribution in [3.8, 4) is 11.5 Å². The summed E-state index contributed by atoms with van der Waals surface area (Å²) >= 11 is 0. The maximum atomic E-state index is 13.0. The first-order valence-electron chi connectivity index (χ1n) is 12.5. The molecule has 0 bridgehead atoms. The first-order chi connectivity index (χ1) is 17.3. The van der Waals surface area contributed by atoms with Gasteiger partial charge in [-0.2, -0.15) is 0 Å². The van der Waals surface area contributed by atoms with Crippen LogP contribution in [-0.4, -0.2) is 86.3 Å². The van der Waals surface area contributed by atoms with E-state index in [1.165, 1.54) is 27.2 Å². The number of halogens is 1. The average molecular weight is 532 g/mol. The lowest BCUT2D eigenvalue weighted by molar-refractivity contribution is -0.131. The summed E-state index contributed by atoms with van der Waals surface area (Å²) in [6.07, 6.45) is 2.23. The fourth-order valence-electron chi connectivity index (χ4n) is 5.29. The van der Waals surface area contributed by atoms with Crippen molar-refractivity contribution in [3.05, 3.63) is 58.1 Å². The largest absolute Gasteiger partial charge is 0.493 e. The summed E-state index contributed by atoms with van der Waals surface area (Å²) in [4.78, 5) is 29.6. The molecule has 1 aliphatic heterocycles. The SMILES string of the molecule is COc1cc2c(cc1OC)CCN(C(=O)CCN(C)CC1Cc3cc(CN(C)C(=O)O)ccc31)CC2.Cl. The summed E-state index contributed by atoms with van der Waals surface area (Å²) in [5.74, 6) is 2.14. The van der Waals surface area contributed by atoms with E-state index in [4.69, 9.17) is 14.6 Å². The van der Waals surface area contributed by atoms with Crippen molar-refractivity contribution in [2.24, 2.45) is 0 Å². The maximum absolute atomic E-state index is 13.0. The first kappa shape index (κ1) is 28.6. The number of carbonyl (C=O) groups excluding carboxylic acids is 1. The van der Waals surface area contributed by atoms with E-state index in [1.54, 1.807) is 21.3 Å². The standard InChI is InChI=1S/C28H37N3O5.ClH/c1-29(18-23-14-22-13-19(5-6-24(22)23)17-30(2)28(33)34)10-9-27(32)31-11-7-20-15-25(35-3)26(36-4)16-21(20)8-12-31;/h5-6,13,15-16,23H,7-12,14,17-18H2,1-4H3,(H,33,34);1H. The number of hydrogen-bond donors (Lipinski definition) is 1. The van der Waals surface area contributed by atoms with E-state index in [9.17, 15) is 9.59 Å². The predicted octanol–water partition coefficient (Wildman–Crippen LogP) is 3.82. The average Bonchev–Trinajstić information content (AvgIpc) is 3.07. The van der Waals surface area contributed by atoms with Crippen LogP contribution in [0, 0.1) is 0 Å².